The number of nitrogens with one attached hydrogen (secondary N) is 1. The van der Waals surface area contributed by atoms with E-state index in [0.29, 0.717) is 11.9 Å². The van der Waals surface area contributed by atoms with Crippen molar-refractivity contribution in [2.75, 3.05) is 6.61 Å². The van der Waals surface area contributed by atoms with Crippen molar-refractivity contribution in [3.05, 3.63) is 41.3 Å². The Morgan fingerprint density at radius 1 is 1.21 bits per heavy atom. The average molecular weight is 398 g/mol. The SMILES string of the molecule is CCC(CC)NC(=O)COC(=O)c1cnn(-c2ccc(C(F)(F)F)cn2)c1C. The Kier molecular flexibility index (Phi) is 6.76. The van der Waals surface area contributed by atoms with Crippen LogP contribution in [0.3, 0.4) is 0 Å². The number of carbonyl (C=O) groups is 2. The number of nitrogens with zero attached hydrogens (tertiary/aromatic N) is 3. The van der Waals surface area contributed by atoms with Gasteiger partial charge < -0.3 is 10.1 Å². The van der Waals surface area contributed by atoms with Crippen molar-refractivity contribution in [2.45, 2.75) is 45.8 Å². The summed E-state index contributed by atoms with van der Waals surface area (Å²) < 4.78 is 44.1. The Hall–Kier alpha value is -2.91. The zero-order valence-electron chi connectivity index (χ0n) is 15.7. The Labute approximate surface area is 159 Å². The lowest BCUT2D eigenvalue weighted by Crippen LogP contribution is -2.36. The molecule has 10 heteroatoms. The second-order valence-corrected chi connectivity index (χ2v) is 6.12. The van der Waals surface area contributed by atoms with Crippen LogP contribution in [0.1, 0.15) is 48.3 Å². The highest BCUT2D eigenvalue weighted by Gasteiger charge is 2.31. The maximum atomic E-state index is 12.6. The number of ether oxygens (including phenoxy) is 1. The van der Waals surface area contributed by atoms with Gasteiger partial charge in [-0.15, -0.1) is 0 Å². The molecule has 0 unspecified atom stereocenters. The normalized spacial score (nSPS) is 11.5. The molecule has 2 aromatic heterocycles. The first-order valence-electron chi connectivity index (χ1n) is 8.72. The van der Waals surface area contributed by atoms with E-state index in [2.05, 4.69) is 15.4 Å². The van der Waals surface area contributed by atoms with Gasteiger partial charge in [-0.3, -0.25) is 4.79 Å². The summed E-state index contributed by atoms with van der Waals surface area (Å²) in [4.78, 5) is 27.8. The fourth-order valence-corrected chi connectivity index (χ4v) is 2.49. The second-order valence-electron chi connectivity index (χ2n) is 6.12. The maximum absolute atomic E-state index is 12.6. The predicted molar refractivity (Wildman–Crippen MR) is 93.9 cm³/mol. The molecule has 0 aliphatic heterocycles. The first kappa shape index (κ1) is 21.4. The summed E-state index contributed by atoms with van der Waals surface area (Å²) in [5.74, 6) is -1.04. The van der Waals surface area contributed by atoms with Gasteiger partial charge in [-0.05, 0) is 31.9 Å². The third-order valence-corrected chi connectivity index (χ3v) is 4.21. The number of hydrogen-bond acceptors (Lipinski definition) is 5. The molecule has 7 nitrogen and oxygen atoms in total. The summed E-state index contributed by atoms with van der Waals surface area (Å²) in [6, 6.07) is 2.05. The molecule has 0 radical (unpaired) electrons. The first-order valence-corrected chi connectivity index (χ1v) is 8.72. The number of alkyl halides is 3. The van der Waals surface area contributed by atoms with Gasteiger partial charge in [-0.25, -0.2) is 14.5 Å². The smallest absolute Gasteiger partial charge is 0.417 e. The molecule has 0 spiro atoms. The molecular formula is C18H21F3N4O3. The molecule has 0 aliphatic carbocycles. The minimum Gasteiger partial charge on any atom is -0.452 e. The Bertz CT molecular complexity index is 828. The van der Waals surface area contributed by atoms with E-state index in [1.54, 1.807) is 6.92 Å². The highest BCUT2D eigenvalue weighted by atomic mass is 19.4. The van der Waals surface area contributed by atoms with Crippen molar-refractivity contribution < 1.29 is 27.5 Å². The second kappa shape index (κ2) is 8.85. The molecule has 0 fully saturated rings. The number of amides is 1. The van der Waals surface area contributed by atoms with E-state index in [4.69, 9.17) is 4.74 Å². The average Bonchev–Trinajstić information content (AvgIpc) is 3.05. The van der Waals surface area contributed by atoms with Crippen LogP contribution in [0.5, 0.6) is 0 Å². The molecule has 0 bridgehead atoms. The molecule has 0 saturated carbocycles. The van der Waals surface area contributed by atoms with Crippen molar-refractivity contribution in [3.63, 3.8) is 0 Å². The molecule has 2 rings (SSSR count). The van der Waals surface area contributed by atoms with Crippen molar-refractivity contribution in [1.29, 1.82) is 0 Å². The first-order chi connectivity index (χ1) is 13.2. The predicted octanol–water partition coefficient (Wildman–Crippen LogP) is 3.06. The van der Waals surface area contributed by atoms with Crippen LogP contribution in [0, 0.1) is 6.92 Å². The van der Waals surface area contributed by atoms with Gasteiger partial charge in [0.2, 0.25) is 0 Å². The molecule has 0 saturated heterocycles. The quantitative estimate of drug-likeness (QED) is 0.725. The van der Waals surface area contributed by atoms with E-state index in [9.17, 15) is 22.8 Å². The zero-order chi connectivity index (χ0) is 20.9. The summed E-state index contributed by atoms with van der Waals surface area (Å²) >= 11 is 0. The van der Waals surface area contributed by atoms with Crippen molar-refractivity contribution in [2.24, 2.45) is 0 Å². The van der Waals surface area contributed by atoms with Crippen LogP contribution in [-0.4, -0.2) is 39.3 Å². The number of rotatable bonds is 7. The van der Waals surface area contributed by atoms with Crippen LogP contribution in [0.15, 0.2) is 24.5 Å². The monoisotopic (exact) mass is 398 g/mol. The van der Waals surface area contributed by atoms with Crippen LogP contribution < -0.4 is 5.32 Å². The lowest BCUT2D eigenvalue weighted by molar-refractivity contribution is -0.137. The molecule has 152 valence electrons. The molecule has 0 atom stereocenters. The molecule has 28 heavy (non-hydrogen) atoms. The highest BCUT2D eigenvalue weighted by molar-refractivity contribution is 5.92. The van der Waals surface area contributed by atoms with Gasteiger partial charge in [0.25, 0.3) is 5.91 Å². The lowest BCUT2D eigenvalue weighted by atomic mass is 10.2. The van der Waals surface area contributed by atoms with Crippen LogP contribution in [-0.2, 0) is 15.7 Å². The third-order valence-electron chi connectivity index (χ3n) is 4.21. The lowest BCUT2D eigenvalue weighted by Gasteiger charge is -2.14. The van der Waals surface area contributed by atoms with E-state index in [1.165, 1.54) is 10.9 Å². The molecule has 0 aliphatic rings. The largest absolute Gasteiger partial charge is 0.452 e. The molecular weight excluding hydrogens is 377 g/mol. The standard InChI is InChI=1S/C18H21F3N4O3/c1-4-13(5-2)24-16(26)10-28-17(27)14-9-23-25(11(14)3)15-7-6-12(8-22-15)18(19,20)21/h6-9,13H,4-5,10H2,1-3H3,(H,24,26). The number of halogens is 3. The Morgan fingerprint density at radius 2 is 1.89 bits per heavy atom. The molecule has 2 aromatic rings. The highest BCUT2D eigenvalue weighted by Crippen LogP contribution is 2.28. The summed E-state index contributed by atoms with van der Waals surface area (Å²) in [6.45, 7) is 4.99. The van der Waals surface area contributed by atoms with E-state index in [-0.39, 0.29) is 17.4 Å². The number of pyridine rings is 1. The Balaban J connectivity index is 2.06. The molecule has 1 amide bonds. The fourth-order valence-electron chi connectivity index (χ4n) is 2.49. The van der Waals surface area contributed by atoms with Gasteiger partial charge in [-0.1, -0.05) is 13.8 Å². The van der Waals surface area contributed by atoms with Crippen LogP contribution >= 0.6 is 0 Å². The summed E-state index contributed by atoms with van der Waals surface area (Å²) in [5.41, 5.74) is -0.459. The molecule has 1 N–H and O–H groups in total. The van der Waals surface area contributed by atoms with Crippen LogP contribution in [0.2, 0.25) is 0 Å². The third kappa shape index (κ3) is 5.08. The fraction of sp³-hybridized carbons (Fsp3) is 0.444. The van der Waals surface area contributed by atoms with Crippen molar-refractivity contribution in [3.8, 4) is 5.82 Å². The van der Waals surface area contributed by atoms with Gasteiger partial charge in [-0.2, -0.15) is 18.3 Å². The number of carbonyl (C=O) groups excluding carboxylic acids is 2. The number of aromatic nitrogens is 3. The van der Waals surface area contributed by atoms with Crippen LogP contribution in [0.25, 0.3) is 5.82 Å². The number of hydrogen-bond donors (Lipinski definition) is 1. The van der Waals surface area contributed by atoms with Crippen LogP contribution in [0.4, 0.5) is 13.2 Å². The van der Waals surface area contributed by atoms with E-state index < -0.39 is 30.2 Å². The molecule has 2 heterocycles. The minimum absolute atomic E-state index is 0.0152. The number of esters is 1. The van der Waals surface area contributed by atoms with E-state index in [0.717, 1.165) is 25.0 Å². The molecule has 0 aromatic carbocycles. The summed E-state index contributed by atoms with van der Waals surface area (Å²) in [6.07, 6.45) is -1.05. The Morgan fingerprint density at radius 3 is 2.43 bits per heavy atom. The van der Waals surface area contributed by atoms with Gasteiger partial charge in [0.1, 0.15) is 5.56 Å². The van der Waals surface area contributed by atoms with Crippen molar-refractivity contribution >= 4 is 11.9 Å². The summed E-state index contributed by atoms with van der Waals surface area (Å²) in [5, 5.41) is 6.72. The summed E-state index contributed by atoms with van der Waals surface area (Å²) in [7, 11) is 0. The van der Waals surface area contributed by atoms with E-state index >= 15 is 0 Å². The van der Waals surface area contributed by atoms with Gasteiger partial charge in [0, 0.05) is 12.2 Å². The van der Waals surface area contributed by atoms with Gasteiger partial charge in [0.15, 0.2) is 12.4 Å². The van der Waals surface area contributed by atoms with Gasteiger partial charge >= 0.3 is 12.1 Å². The minimum atomic E-state index is -4.49. The van der Waals surface area contributed by atoms with Gasteiger partial charge in [0.05, 0.1) is 17.5 Å². The van der Waals surface area contributed by atoms with Crippen molar-refractivity contribution in [1.82, 2.24) is 20.1 Å². The maximum Gasteiger partial charge on any atom is 0.417 e. The topological polar surface area (TPSA) is 86.1 Å². The van der Waals surface area contributed by atoms with E-state index in [1.807, 2.05) is 13.8 Å². The zero-order valence-corrected chi connectivity index (χ0v) is 15.7.